The summed E-state index contributed by atoms with van der Waals surface area (Å²) in [5.41, 5.74) is 0. The maximum atomic E-state index is 11.8. The fraction of sp³-hybridized carbons (Fsp3) is 0.889. The number of esters is 1. The Labute approximate surface area is 195 Å². The van der Waals surface area contributed by atoms with Crippen molar-refractivity contribution in [1.82, 2.24) is 9.80 Å². The quantitative estimate of drug-likeness (QED) is 0.108. The van der Waals surface area contributed by atoms with Gasteiger partial charge >= 0.3 is 5.97 Å². The molecule has 0 spiro atoms. The molecule has 0 aliphatic heterocycles. The number of carbonyl (C=O) groups is 1. The number of likely N-dealkylation sites (N-methyl/N-ethyl adjacent to an activating group) is 2. The number of carbonyl (C=O) groups excluding carboxylic acids is 1. The second kappa shape index (κ2) is 27.2. The molecule has 0 rings (SSSR count). The van der Waals surface area contributed by atoms with Gasteiger partial charge in [-0.2, -0.15) is 0 Å². The molecule has 0 N–H and O–H groups in total. The normalized spacial score (nSPS) is 11.2. The van der Waals surface area contributed by atoms with Crippen LogP contribution in [0.2, 0.25) is 0 Å². The molecular weight excluding hydrogens is 384 g/mol. The lowest BCUT2D eigenvalue weighted by atomic mass is 10.1. The molecular formula is C27H56N2O2. The van der Waals surface area contributed by atoms with Crippen LogP contribution < -0.4 is 0 Å². The van der Waals surface area contributed by atoms with Crippen molar-refractivity contribution >= 4 is 5.97 Å². The van der Waals surface area contributed by atoms with E-state index in [-0.39, 0.29) is 5.97 Å². The minimum Gasteiger partial charge on any atom is -0.464 e. The molecule has 0 aliphatic carbocycles. The van der Waals surface area contributed by atoms with E-state index in [0.717, 1.165) is 32.5 Å². The van der Waals surface area contributed by atoms with Crippen LogP contribution in [0.15, 0.2) is 12.2 Å². The Morgan fingerprint density at radius 1 is 0.710 bits per heavy atom. The Morgan fingerprint density at radius 3 is 1.77 bits per heavy atom. The summed E-state index contributed by atoms with van der Waals surface area (Å²) in [5, 5.41) is 0. The predicted octanol–water partition coefficient (Wildman–Crippen LogP) is 7.09. The van der Waals surface area contributed by atoms with Crippen LogP contribution in [-0.4, -0.2) is 63.2 Å². The first-order valence-electron chi connectivity index (χ1n) is 13.2. The third kappa shape index (κ3) is 29.1. The molecule has 0 saturated carbocycles. The first kappa shape index (κ1) is 32.3. The average Bonchev–Trinajstić information content (AvgIpc) is 2.76. The largest absolute Gasteiger partial charge is 0.464 e. The Hall–Kier alpha value is -0.870. The molecule has 0 fully saturated rings. The summed E-state index contributed by atoms with van der Waals surface area (Å²) in [6.07, 6.45) is 21.9. The molecule has 0 aromatic heterocycles. The van der Waals surface area contributed by atoms with E-state index in [9.17, 15) is 4.79 Å². The monoisotopic (exact) mass is 440 g/mol. The van der Waals surface area contributed by atoms with Crippen LogP contribution in [0.25, 0.3) is 0 Å². The number of ether oxygens (including phenoxy) is 1. The highest BCUT2D eigenvalue weighted by Gasteiger charge is 2.04. The molecule has 0 aromatic rings. The van der Waals surface area contributed by atoms with Gasteiger partial charge in [-0.15, -0.1) is 0 Å². The number of hydrogen-bond acceptors (Lipinski definition) is 4. The van der Waals surface area contributed by atoms with Crippen molar-refractivity contribution in [3.63, 3.8) is 0 Å². The van der Waals surface area contributed by atoms with Crippen LogP contribution in [0.3, 0.4) is 0 Å². The van der Waals surface area contributed by atoms with Gasteiger partial charge < -0.3 is 14.5 Å². The van der Waals surface area contributed by atoms with E-state index in [2.05, 4.69) is 50.0 Å². The van der Waals surface area contributed by atoms with E-state index in [4.69, 9.17) is 4.74 Å². The zero-order valence-corrected chi connectivity index (χ0v) is 22.1. The molecule has 31 heavy (non-hydrogen) atoms. The summed E-state index contributed by atoms with van der Waals surface area (Å²) in [5.74, 6) is -0.0383. The fourth-order valence-corrected chi connectivity index (χ4v) is 3.21. The van der Waals surface area contributed by atoms with Crippen LogP contribution in [0, 0.1) is 0 Å². The van der Waals surface area contributed by atoms with Crippen LogP contribution in [0.4, 0.5) is 0 Å². The summed E-state index contributed by atoms with van der Waals surface area (Å²) in [6.45, 7) is 9.62. The number of hydrogen-bond donors (Lipinski definition) is 0. The third-order valence-corrected chi connectivity index (χ3v) is 5.31. The fourth-order valence-electron chi connectivity index (χ4n) is 3.21. The Morgan fingerprint density at radius 2 is 1.23 bits per heavy atom. The van der Waals surface area contributed by atoms with E-state index >= 15 is 0 Å². The van der Waals surface area contributed by atoms with Crippen molar-refractivity contribution in [2.24, 2.45) is 0 Å². The highest BCUT2D eigenvalue weighted by atomic mass is 16.5. The van der Waals surface area contributed by atoms with Crippen LogP contribution in [-0.2, 0) is 9.53 Å². The van der Waals surface area contributed by atoms with E-state index in [1.807, 2.05) is 13.8 Å². The van der Waals surface area contributed by atoms with Crippen LogP contribution >= 0.6 is 0 Å². The number of rotatable bonds is 21. The summed E-state index contributed by atoms with van der Waals surface area (Å²) in [7, 11) is 6.21. The van der Waals surface area contributed by atoms with Crippen molar-refractivity contribution in [3.05, 3.63) is 12.2 Å². The Kier molecular flexibility index (Phi) is 28.3. The summed E-state index contributed by atoms with van der Waals surface area (Å²) in [6, 6.07) is 0. The van der Waals surface area contributed by atoms with Gasteiger partial charge in [0.15, 0.2) is 0 Å². The third-order valence-electron chi connectivity index (χ3n) is 5.31. The zero-order valence-electron chi connectivity index (χ0n) is 22.1. The smallest absolute Gasteiger partial charge is 0.305 e. The molecule has 0 aromatic carbocycles. The van der Waals surface area contributed by atoms with Gasteiger partial charge in [-0.3, -0.25) is 4.79 Å². The molecule has 186 valence electrons. The second-order valence-electron chi connectivity index (χ2n) is 8.66. The van der Waals surface area contributed by atoms with E-state index in [1.54, 1.807) is 0 Å². The molecule has 0 saturated heterocycles. The topological polar surface area (TPSA) is 32.8 Å². The average molecular weight is 441 g/mol. The summed E-state index contributed by atoms with van der Waals surface area (Å²) < 4.78 is 5.34. The maximum Gasteiger partial charge on any atom is 0.305 e. The minimum absolute atomic E-state index is 0.0383. The maximum absolute atomic E-state index is 11.8. The standard InChI is InChI=1S/C25H50N2O2.C2H6/c1-5-6-7-8-9-10-11-12-13-14-15-16-17-18-19-20-25(28)29-24-23-27(4)22-21-26(2)3;1-2/h12-13H,5-11,14-24H2,1-4H3;1-2H3/b13-12-;. The van der Waals surface area contributed by atoms with Crippen molar-refractivity contribution < 1.29 is 9.53 Å². The van der Waals surface area contributed by atoms with Gasteiger partial charge in [0.1, 0.15) is 6.61 Å². The summed E-state index contributed by atoms with van der Waals surface area (Å²) >= 11 is 0. The first-order chi connectivity index (χ1) is 15.1. The van der Waals surface area contributed by atoms with Crippen molar-refractivity contribution in [1.29, 1.82) is 0 Å². The number of allylic oxidation sites excluding steroid dienone is 2. The minimum atomic E-state index is -0.0383. The van der Waals surface area contributed by atoms with Crippen molar-refractivity contribution in [2.45, 2.75) is 111 Å². The van der Waals surface area contributed by atoms with E-state index in [1.165, 1.54) is 70.6 Å². The lowest BCUT2D eigenvalue weighted by Crippen LogP contribution is -2.31. The molecule has 0 heterocycles. The highest BCUT2D eigenvalue weighted by molar-refractivity contribution is 5.69. The van der Waals surface area contributed by atoms with Crippen LogP contribution in [0.1, 0.15) is 111 Å². The van der Waals surface area contributed by atoms with Gasteiger partial charge in [-0.05, 0) is 53.2 Å². The zero-order chi connectivity index (χ0) is 23.6. The van der Waals surface area contributed by atoms with Gasteiger partial charge in [0.05, 0.1) is 0 Å². The van der Waals surface area contributed by atoms with E-state index < -0.39 is 0 Å². The van der Waals surface area contributed by atoms with Gasteiger partial charge in [0.2, 0.25) is 0 Å². The molecule has 0 amide bonds. The van der Waals surface area contributed by atoms with Gasteiger partial charge in [-0.1, -0.05) is 84.3 Å². The van der Waals surface area contributed by atoms with Crippen molar-refractivity contribution in [3.8, 4) is 0 Å². The van der Waals surface area contributed by atoms with Crippen molar-refractivity contribution in [2.75, 3.05) is 47.4 Å². The Balaban J connectivity index is 0. The molecule has 0 radical (unpaired) electrons. The van der Waals surface area contributed by atoms with Gasteiger partial charge in [-0.25, -0.2) is 0 Å². The van der Waals surface area contributed by atoms with Gasteiger partial charge in [0, 0.05) is 26.1 Å². The molecule has 0 aliphatic rings. The lowest BCUT2D eigenvalue weighted by Gasteiger charge is -2.18. The molecule has 0 unspecified atom stereocenters. The molecule has 0 bridgehead atoms. The lowest BCUT2D eigenvalue weighted by molar-refractivity contribution is -0.144. The molecule has 4 nitrogen and oxygen atoms in total. The molecule has 0 atom stereocenters. The second-order valence-corrected chi connectivity index (χ2v) is 8.66. The SMILES string of the molecule is CC.CCCCCCCC/C=C\CCCCCCCC(=O)OCCN(C)CCN(C)C. The number of unbranched alkanes of at least 4 members (excludes halogenated alkanes) is 11. The van der Waals surface area contributed by atoms with Crippen LogP contribution in [0.5, 0.6) is 0 Å². The Bertz CT molecular complexity index is 383. The number of nitrogens with zero attached hydrogens (tertiary/aromatic N) is 2. The van der Waals surface area contributed by atoms with Gasteiger partial charge in [0.25, 0.3) is 0 Å². The highest BCUT2D eigenvalue weighted by Crippen LogP contribution is 2.10. The predicted molar refractivity (Wildman–Crippen MR) is 138 cm³/mol. The van der Waals surface area contributed by atoms with E-state index in [0.29, 0.717) is 13.0 Å². The summed E-state index contributed by atoms with van der Waals surface area (Å²) in [4.78, 5) is 16.1. The first-order valence-corrected chi connectivity index (χ1v) is 13.2. The molecule has 4 heteroatoms.